The summed E-state index contributed by atoms with van der Waals surface area (Å²) in [5, 5.41) is 10.5. The Morgan fingerprint density at radius 1 is 0.750 bits per heavy atom. The van der Waals surface area contributed by atoms with Crippen LogP contribution >= 0.6 is 0 Å². The molecule has 8 heteroatoms. The first kappa shape index (κ1) is 26.7. The van der Waals surface area contributed by atoms with Crippen molar-refractivity contribution in [1.29, 1.82) is 0 Å². The lowest BCUT2D eigenvalue weighted by atomic mass is 10.1. The molecule has 0 unspecified atom stereocenters. The van der Waals surface area contributed by atoms with Gasteiger partial charge < -0.3 is 19.3 Å². The Bertz CT molecular complexity index is 1030. The lowest BCUT2D eigenvalue weighted by Crippen LogP contribution is -2.54. The van der Waals surface area contributed by atoms with Gasteiger partial charge in [-0.25, -0.2) is 20.0 Å². The van der Waals surface area contributed by atoms with E-state index >= 15 is 0 Å². The van der Waals surface area contributed by atoms with Crippen LogP contribution in [0.25, 0.3) is 0 Å². The molecule has 0 saturated carbocycles. The number of hydrogen-bond donors (Lipinski definition) is 2. The summed E-state index contributed by atoms with van der Waals surface area (Å²) in [6, 6.07) is 27.5. The molecule has 0 spiro atoms. The molecule has 190 valence electrons. The van der Waals surface area contributed by atoms with E-state index in [1.54, 1.807) is 0 Å². The molecule has 3 aromatic carbocycles. The Balaban J connectivity index is 1.67. The molecule has 0 aliphatic heterocycles. The zero-order valence-corrected chi connectivity index (χ0v) is 20.1. The molecule has 0 aliphatic carbocycles. The Labute approximate surface area is 211 Å². The lowest BCUT2D eigenvalue weighted by Gasteiger charge is -2.30. The number of ether oxygens (including phenoxy) is 3. The summed E-state index contributed by atoms with van der Waals surface area (Å²) >= 11 is 0. The first-order valence-corrected chi connectivity index (χ1v) is 11.9. The predicted octanol–water partition coefficient (Wildman–Crippen LogP) is 4.82. The van der Waals surface area contributed by atoms with E-state index in [9.17, 15) is 14.7 Å². The fraction of sp³-hybridized carbons (Fsp3) is 0.286. The maximum Gasteiger partial charge on any atom is 0.429 e. The van der Waals surface area contributed by atoms with Crippen LogP contribution in [0, 0.1) is 0 Å². The van der Waals surface area contributed by atoms with Crippen LogP contribution in [-0.2, 0) is 34.0 Å². The molecule has 36 heavy (non-hydrogen) atoms. The monoisotopic (exact) mass is 492 g/mol. The van der Waals surface area contributed by atoms with Crippen LogP contribution in [0.2, 0.25) is 0 Å². The highest BCUT2D eigenvalue weighted by atomic mass is 16.6. The van der Waals surface area contributed by atoms with Crippen molar-refractivity contribution in [3.63, 3.8) is 0 Å². The molecular weight excluding hydrogens is 460 g/mol. The lowest BCUT2D eigenvalue weighted by molar-refractivity contribution is 0.00675. The van der Waals surface area contributed by atoms with Crippen LogP contribution in [0.4, 0.5) is 9.59 Å². The van der Waals surface area contributed by atoms with E-state index in [0.29, 0.717) is 19.4 Å². The second kappa shape index (κ2) is 15.2. The maximum absolute atomic E-state index is 13.1. The van der Waals surface area contributed by atoms with E-state index in [1.165, 1.54) is 0 Å². The van der Waals surface area contributed by atoms with Gasteiger partial charge in [-0.3, -0.25) is 0 Å². The number of amides is 2. The van der Waals surface area contributed by atoms with Gasteiger partial charge in [0.05, 0.1) is 19.3 Å². The van der Waals surface area contributed by atoms with Crippen molar-refractivity contribution in [3.05, 3.63) is 108 Å². The van der Waals surface area contributed by atoms with Gasteiger partial charge in [0.25, 0.3) is 0 Å². The number of rotatable bonds is 12. The number of carbonyl (C=O) groups is 2. The molecule has 0 heterocycles. The highest BCUT2D eigenvalue weighted by Crippen LogP contribution is 2.12. The SMILES string of the molecule is O=C(NN(C(=O)OCc1ccccc1)[C@@H](CCCO)COCc1ccccc1)OCc1ccccc1. The van der Waals surface area contributed by atoms with E-state index in [2.05, 4.69) is 5.43 Å². The van der Waals surface area contributed by atoms with Crippen molar-refractivity contribution in [2.45, 2.75) is 38.7 Å². The van der Waals surface area contributed by atoms with Crippen molar-refractivity contribution in [1.82, 2.24) is 10.4 Å². The van der Waals surface area contributed by atoms with E-state index in [4.69, 9.17) is 14.2 Å². The minimum absolute atomic E-state index is 0.0362. The minimum atomic E-state index is -0.799. The second-order valence-electron chi connectivity index (χ2n) is 8.10. The number of carbonyl (C=O) groups excluding carboxylic acids is 2. The molecule has 0 aromatic heterocycles. The highest BCUT2D eigenvalue weighted by molar-refractivity contribution is 5.74. The summed E-state index contributed by atoms with van der Waals surface area (Å²) in [6.07, 6.45) is -0.762. The third-order valence-corrected chi connectivity index (χ3v) is 5.31. The quantitative estimate of drug-likeness (QED) is 0.352. The number of hydrazine groups is 1. The zero-order valence-electron chi connectivity index (χ0n) is 20.1. The molecule has 0 bridgehead atoms. The molecule has 2 N–H and O–H groups in total. The first-order chi connectivity index (χ1) is 17.7. The van der Waals surface area contributed by atoms with Crippen molar-refractivity contribution in [2.75, 3.05) is 13.2 Å². The summed E-state index contributed by atoms with van der Waals surface area (Å²) in [5.41, 5.74) is 5.12. The van der Waals surface area contributed by atoms with Crippen molar-refractivity contribution < 1.29 is 28.9 Å². The van der Waals surface area contributed by atoms with Gasteiger partial charge in [-0.05, 0) is 29.5 Å². The molecule has 8 nitrogen and oxygen atoms in total. The molecule has 2 amide bonds. The van der Waals surface area contributed by atoms with Crippen molar-refractivity contribution in [3.8, 4) is 0 Å². The molecule has 3 aromatic rings. The Kier molecular flexibility index (Phi) is 11.3. The fourth-order valence-electron chi connectivity index (χ4n) is 3.43. The van der Waals surface area contributed by atoms with Crippen LogP contribution in [0.5, 0.6) is 0 Å². The van der Waals surface area contributed by atoms with Gasteiger partial charge in [0, 0.05) is 6.61 Å². The molecule has 3 rings (SSSR count). The number of nitrogens with one attached hydrogen (secondary N) is 1. The Hall–Kier alpha value is -3.88. The number of nitrogens with zero attached hydrogens (tertiary/aromatic N) is 1. The van der Waals surface area contributed by atoms with Gasteiger partial charge in [0.2, 0.25) is 0 Å². The van der Waals surface area contributed by atoms with Crippen molar-refractivity contribution in [2.24, 2.45) is 0 Å². The van der Waals surface area contributed by atoms with E-state index < -0.39 is 18.2 Å². The Morgan fingerprint density at radius 3 is 1.78 bits per heavy atom. The van der Waals surface area contributed by atoms with Gasteiger partial charge in [-0.2, -0.15) is 0 Å². The van der Waals surface area contributed by atoms with E-state index in [-0.39, 0.29) is 26.4 Å². The third-order valence-electron chi connectivity index (χ3n) is 5.31. The third kappa shape index (κ3) is 9.40. The molecular formula is C28H32N2O6. The first-order valence-electron chi connectivity index (χ1n) is 11.9. The average molecular weight is 493 g/mol. The minimum Gasteiger partial charge on any atom is -0.443 e. The summed E-state index contributed by atoms with van der Waals surface area (Å²) in [7, 11) is 0. The van der Waals surface area contributed by atoms with Crippen LogP contribution in [-0.4, -0.2) is 41.6 Å². The van der Waals surface area contributed by atoms with Gasteiger partial charge in [0.1, 0.15) is 13.2 Å². The van der Waals surface area contributed by atoms with Crippen LogP contribution in [0.1, 0.15) is 29.5 Å². The zero-order chi connectivity index (χ0) is 25.4. The maximum atomic E-state index is 13.1. The molecule has 1 atom stereocenters. The Morgan fingerprint density at radius 2 is 1.25 bits per heavy atom. The molecule has 0 saturated heterocycles. The van der Waals surface area contributed by atoms with Gasteiger partial charge >= 0.3 is 12.2 Å². The number of aliphatic hydroxyl groups is 1. The van der Waals surface area contributed by atoms with Gasteiger partial charge in [-0.1, -0.05) is 91.0 Å². The largest absolute Gasteiger partial charge is 0.443 e. The van der Waals surface area contributed by atoms with Gasteiger partial charge in [-0.15, -0.1) is 0 Å². The summed E-state index contributed by atoms with van der Waals surface area (Å²) in [5.74, 6) is 0. The molecule has 0 radical (unpaired) electrons. The second-order valence-corrected chi connectivity index (χ2v) is 8.10. The average Bonchev–Trinajstić information content (AvgIpc) is 2.93. The topological polar surface area (TPSA) is 97.3 Å². The van der Waals surface area contributed by atoms with Crippen LogP contribution in [0.15, 0.2) is 91.0 Å². The molecule has 0 fully saturated rings. The van der Waals surface area contributed by atoms with Crippen LogP contribution < -0.4 is 5.43 Å². The summed E-state index contributed by atoms with van der Waals surface area (Å²) in [6.45, 7) is 0.469. The number of aliphatic hydroxyl groups excluding tert-OH is 1. The van der Waals surface area contributed by atoms with E-state index in [1.807, 2.05) is 91.0 Å². The smallest absolute Gasteiger partial charge is 0.429 e. The standard InChI is InChI=1S/C28H32N2O6/c31-18-10-17-26(22-34-19-23-11-4-1-5-12-23)30(28(33)36-21-25-15-8-3-9-16-25)29-27(32)35-20-24-13-6-2-7-14-24/h1-9,11-16,26,31H,10,17-22H2,(H,29,32)/t26-/m0/s1. The number of hydrogen-bond acceptors (Lipinski definition) is 6. The van der Waals surface area contributed by atoms with Crippen molar-refractivity contribution >= 4 is 12.2 Å². The van der Waals surface area contributed by atoms with E-state index in [0.717, 1.165) is 21.7 Å². The number of benzene rings is 3. The van der Waals surface area contributed by atoms with Gasteiger partial charge in [0.15, 0.2) is 0 Å². The summed E-state index contributed by atoms with van der Waals surface area (Å²) < 4.78 is 16.6. The summed E-state index contributed by atoms with van der Waals surface area (Å²) in [4.78, 5) is 25.7. The fourth-order valence-corrected chi connectivity index (χ4v) is 3.43. The highest BCUT2D eigenvalue weighted by Gasteiger charge is 2.28. The normalized spacial score (nSPS) is 11.4. The van der Waals surface area contributed by atoms with Crippen LogP contribution in [0.3, 0.4) is 0 Å². The predicted molar refractivity (Wildman–Crippen MR) is 134 cm³/mol. The molecule has 0 aliphatic rings.